The molecule has 3 aromatic carbocycles. The summed E-state index contributed by atoms with van der Waals surface area (Å²) in [4.78, 5) is 1.46. The third-order valence-electron chi connectivity index (χ3n) is 6.82. The summed E-state index contributed by atoms with van der Waals surface area (Å²) in [5.41, 5.74) is 2.75. The molecule has 2 heteroatoms. The lowest BCUT2D eigenvalue weighted by atomic mass is 9.63. The van der Waals surface area contributed by atoms with E-state index in [-0.39, 0.29) is 18.0 Å². The van der Waals surface area contributed by atoms with Gasteiger partial charge in [0, 0.05) is 17.5 Å². The van der Waals surface area contributed by atoms with Crippen LogP contribution in [-0.2, 0) is 5.60 Å². The number of quaternary nitrogens is 1. The van der Waals surface area contributed by atoms with Crippen LogP contribution >= 0.6 is 0 Å². The van der Waals surface area contributed by atoms with E-state index in [0.29, 0.717) is 5.92 Å². The Kier molecular flexibility index (Phi) is 5.58. The summed E-state index contributed by atoms with van der Waals surface area (Å²) in [6.07, 6.45) is 0.721. The van der Waals surface area contributed by atoms with Crippen LogP contribution in [0.2, 0.25) is 0 Å². The Hall–Kier alpha value is -2.42. The van der Waals surface area contributed by atoms with Crippen molar-refractivity contribution in [2.24, 2.45) is 11.8 Å². The Labute approximate surface area is 174 Å². The van der Waals surface area contributed by atoms with Crippen LogP contribution in [0.1, 0.15) is 49.0 Å². The van der Waals surface area contributed by atoms with Gasteiger partial charge in [0.1, 0.15) is 17.7 Å². The summed E-state index contributed by atoms with van der Waals surface area (Å²) < 4.78 is 0. The van der Waals surface area contributed by atoms with Gasteiger partial charge in [-0.05, 0) is 11.5 Å². The lowest BCUT2D eigenvalue weighted by Crippen LogP contribution is -3.12. The van der Waals surface area contributed by atoms with Crippen LogP contribution in [0.4, 0.5) is 0 Å². The van der Waals surface area contributed by atoms with Gasteiger partial charge in [0.15, 0.2) is 0 Å². The number of hydrogen-bond donors (Lipinski definition) is 2. The van der Waals surface area contributed by atoms with E-state index in [1.165, 1.54) is 16.0 Å². The molecule has 1 unspecified atom stereocenters. The highest BCUT2D eigenvalue weighted by molar-refractivity contribution is 5.30. The third-order valence-corrected chi connectivity index (χ3v) is 6.82. The molecule has 2 nitrogen and oxygen atoms in total. The lowest BCUT2D eigenvalue weighted by Gasteiger charge is -2.52. The number of benzene rings is 3. The van der Waals surface area contributed by atoms with Crippen molar-refractivity contribution >= 4 is 0 Å². The molecule has 5 atom stereocenters. The number of likely N-dealkylation sites (tertiary alicyclic amines) is 1. The molecule has 1 aliphatic rings. The van der Waals surface area contributed by atoms with Gasteiger partial charge >= 0.3 is 0 Å². The second kappa shape index (κ2) is 8.14. The average molecular weight is 387 g/mol. The second-order valence-corrected chi connectivity index (χ2v) is 8.86. The van der Waals surface area contributed by atoms with Gasteiger partial charge in [0.2, 0.25) is 0 Å². The van der Waals surface area contributed by atoms with E-state index in [1.54, 1.807) is 0 Å². The fourth-order valence-electron chi connectivity index (χ4n) is 5.55. The number of piperidine rings is 1. The monoisotopic (exact) mass is 386 g/mol. The fourth-order valence-corrected chi connectivity index (χ4v) is 5.55. The van der Waals surface area contributed by atoms with Crippen LogP contribution in [0, 0.1) is 11.8 Å². The van der Waals surface area contributed by atoms with Crippen molar-refractivity contribution in [2.45, 2.75) is 38.0 Å². The molecule has 2 N–H and O–H groups in total. The van der Waals surface area contributed by atoms with Gasteiger partial charge in [-0.2, -0.15) is 0 Å². The molecule has 1 fully saturated rings. The van der Waals surface area contributed by atoms with Crippen molar-refractivity contribution in [1.82, 2.24) is 0 Å². The minimum absolute atomic E-state index is 0.118. The molecule has 0 spiro atoms. The second-order valence-electron chi connectivity index (χ2n) is 8.86. The number of rotatable bonds is 4. The highest BCUT2D eigenvalue weighted by Crippen LogP contribution is 2.49. The van der Waals surface area contributed by atoms with Crippen LogP contribution in [0.25, 0.3) is 0 Å². The van der Waals surface area contributed by atoms with Gasteiger partial charge < -0.3 is 10.0 Å². The Morgan fingerprint density at radius 1 is 0.793 bits per heavy atom. The highest BCUT2D eigenvalue weighted by Gasteiger charge is 2.55. The first-order valence-corrected chi connectivity index (χ1v) is 10.7. The van der Waals surface area contributed by atoms with Gasteiger partial charge in [0.25, 0.3) is 0 Å². The van der Waals surface area contributed by atoms with E-state index in [2.05, 4.69) is 93.7 Å². The standard InChI is InChI=1S/C27H31NO/c1-20(2)25-26(22-15-9-5-10-16-22)28(3)24(21-13-7-4-8-14-21)19-27(25,29)23-17-11-6-12-18-23/h4-18,20,24-26,29H,19H2,1-3H3/p+1/t24-,25+,26+,27-/m0/s1. The molecule has 4 rings (SSSR count). The van der Waals surface area contributed by atoms with Crippen molar-refractivity contribution in [1.29, 1.82) is 0 Å². The maximum Gasteiger partial charge on any atom is 0.120 e. The van der Waals surface area contributed by atoms with Crippen LogP contribution in [0.15, 0.2) is 91.0 Å². The van der Waals surface area contributed by atoms with Crippen LogP contribution in [0.3, 0.4) is 0 Å². The molecule has 1 aliphatic heterocycles. The maximum absolute atomic E-state index is 12.3. The number of aliphatic hydroxyl groups is 1. The maximum atomic E-state index is 12.3. The Balaban J connectivity index is 1.90. The van der Waals surface area contributed by atoms with E-state index in [1.807, 2.05) is 18.2 Å². The topological polar surface area (TPSA) is 24.7 Å². The Bertz CT molecular complexity index is 909. The average Bonchev–Trinajstić information content (AvgIpc) is 2.76. The first-order valence-electron chi connectivity index (χ1n) is 10.7. The van der Waals surface area contributed by atoms with Crippen LogP contribution in [0.5, 0.6) is 0 Å². The molecule has 0 radical (unpaired) electrons. The normalized spacial score (nSPS) is 29.7. The third kappa shape index (κ3) is 3.63. The summed E-state index contributed by atoms with van der Waals surface area (Å²) >= 11 is 0. The summed E-state index contributed by atoms with van der Waals surface area (Å²) in [6.45, 7) is 4.51. The van der Waals surface area contributed by atoms with Crippen molar-refractivity contribution in [3.05, 3.63) is 108 Å². The Morgan fingerprint density at radius 3 is 1.79 bits per heavy atom. The zero-order chi connectivity index (χ0) is 20.4. The predicted molar refractivity (Wildman–Crippen MR) is 119 cm³/mol. The molecule has 1 saturated heterocycles. The molecule has 0 aliphatic carbocycles. The van der Waals surface area contributed by atoms with E-state index in [9.17, 15) is 5.11 Å². The molecule has 0 bridgehead atoms. The quantitative estimate of drug-likeness (QED) is 0.676. The summed E-state index contributed by atoms with van der Waals surface area (Å²) in [5, 5.41) is 12.3. The molecule has 0 amide bonds. The first kappa shape index (κ1) is 19.9. The SMILES string of the molecule is CC(C)[C@@H]1[C@@H](c2ccccc2)[NH+](C)[C@H](c2ccccc2)C[C@]1(O)c1ccccc1. The fraction of sp³-hybridized carbons (Fsp3) is 0.333. The first-order chi connectivity index (χ1) is 14.0. The van der Waals surface area contributed by atoms with Crippen molar-refractivity contribution in [3.8, 4) is 0 Å². The minimum atomic E-state index is -0.879. The Morgan fingerprint density at radius 2 is 1.28 bits per heavy atom. The minimum Gasteiger partial charge on any atom is -0.384 e. The summed E-state index contributed by atoms with van der Waals surface area (Å²) in [5.74, 6) is 0.462. The van der Waals surface area contributed by atoms with Crippen molar-refractivity contribution < 1.29 is 10.0 Å². The zero-order valence-electron chi connectivity index (χ0n) is 17.6. The molecular weight excluding hydrogens is 354 g/mol. The predicted octanol–water partition coefficient (Wildman–Crippen LogP) is 4.55. The molecule has 150 valence electrons. The lowest BCUT2D eigenvalue weighted by molar-refractivity contribution is -0.958. The van der Waals surface area contributed by atoms with E-state index < -0.39 is 5.60 Å². The largest absolute Gasteiger partial charge is 0.384 e. The van der Waals surface area contributed by atoms with E-state index >= 15 is 0 Å². The zero-order valence-corrected chi connectivity index (χ0v) is 17.6. The number of hydrogen-bond acceptors (Lipinski definition) is 1. The summed E-state index contributed by atoms with van der Waals surface area (Å²) in [6, 6.07) is 32.2. The molecule has 1 heterocycles. The smallest absolute Gasteiger partial charge is 0.120 e. The van der Waals surface area contributed by atoms with Gasteiger partial charge in [0.05, 0.1) is 13.0 Å². The van der Waals surface area contributed by atoms with Gasteiger partial charge in [-0.1, -0.05) is 105 Å². The van der Waals surface area contributed by atoms with Gasteiger partial charge in [-0.3, -0.25) is 0 Å². The van der Waals surface area contributed by atoms with Crippen LogP contribution < -0.4 is 4.90 Å². The van der Waals surface area contributed by atoms with Crippen molar-refractivity contribution in [2.75, 3.05) is 7.05 Å². The van der Waals surface area contributed by atoms with E-state index in [4.69, 9.17) is 0 Å². The van der Waals surface area contributed by atoms with E-state index in [0.717, 1.165) is 12.0 Å². The van der Waals surface area contributed by atoms with Crippen molar-refractivity contribution in [3.63, 3.8) is 0 Å². The van der Waals surface area contributed by atoms with Gasteiger partial charge in [-0.25, -0.2) is 0 Å². The van der Waals surface area contributed by atoms with Gasteiger partial charge in [-0.15, -0.1) is 0 Å². The molecule has 0 saturated carbocycles. The summed E-state index contributed by atoms with van der Waals surface area (Å²) in [7, 11) is 2.30. The number of nitrogens with one attached hydrogen (secondary N) is 1. The van der Waals surface area contributed by atoms with Crippen LogP contribution in [-0.4, -0.2) is 12.2 Å². The molecular formula is C27H32NO+. The molecule has 29 heavy (non-hydrogen) atoms. The molecule has 0 aromatic heterocycles. The molecule has 3 aromatic rings. The highest BCUT2D eigenvalue weighted by atomic mass is 16.3.